The second kappa shape index (κ2) is 9.44. The van der Waals surface area contributed by atoms with Crippen LogP contribution in [0.3, 0.4) is 0 Å². The molecule has 0 spiro atoms. The first-order chi connectivity index (χ1) is 11.1. The number of sulfone groups is 1. The minimum atomic E-state index is -2.79. The zero-order chi connectivity index (χ0) is 16.5. The molecule has 8 heteroatoms. The first-order valence-electron chi connectivity index (χ1n) is 8.69. The van der Waals surface area contributed by atoms with Crippen LogP contribution in [0.4, 0.5) is 0 Å². The van der Waals surface area contributed by atoms with Gasteiger partial charge in [0.25, 0.3) is 0 Å². The second-order valence-corrected chi connectivity index (χ2v) is 8.63. The Morgan fingerprint density at radius 1 is 0.913 bits per heavy atom. The maximum atomic E-state index is 11.4. The number of aliphatic imine (C=N–C) groups is 1. The highest BCUT2D eigenvalue weighted by Gasteiger charge is 2.20. The fourth-order valence-electron chi connectivity index (χ4n) is 3.04. The minimum Gasteiger partial charge on any atom is -0.355 e. The summed E-state index contributed by atoms with van der Waals surface area (Å²) < 4.78 is 22.8. The van der Waals surface area contributed by atoms with Crippen LogP contribution in [-0.2, 0) is 9.84 Å². The van der Waals surface area contributed by atoms with E-state index < -0.39 is 9.84 Å². The lowest BCUT2D eigenvalue weighted by molar-refractivity contribution is 0.232. The van der Waals surface area contributed by atoms with Gasteiger partial charge in [0.05, 0.1) is 11.5 Å². The Bertz CT molecular complexity index is 460. The molecule has 0 aromatic rings. The average molecular weight is 346 g/mol. The van der Waals surface area contributed by atoms with Crippen LogP contribution in [0.15, 0.2) is 4.99 Å². The molecule has 2 heterocycles. The number of hydrogen-bond acceptors (Lipinski definition) is 5. The Morgan fingerprint density at radius 2 is 1.43 bits per heavy atom. The van der Waals surface area contributed by atoms with Gasteiger partial charge in [0.15, 0.2) is 15.8 Å². The smallest absolute Gasteiger partial charge is 0.191 e. The van der Waals surface area contributed by atoms with E-state index in [-0.39, 0.29) is 11.5 Å². The maximum Gasteiger partial charge on any atom is 0.191 e. The first-order valence-corrected chi connectivity index (χ1v) is 10.5. The molecule has 2 saturated heterocycles. The molecule has 2 fully saturated rings. The molecule has 0 aliphatic carbocycles. The van der Waals surface area contributed by atoms with Crippen LogP contribution in [0.1, 0.15) is 19.3 Å². The lowest BCUT2D eigenvalue weighted by atomic mass is 10.1. The number of nitrogens with zero attached hydrogens (tertiary/aromatic N) is 3. The molecule has 2 aliphatic heterocycles. The SMILES string of the molecule is CN=C(NCCN1CCCCC1)NCCN1CCS(=O)(=O)CC1. The number of nitrogens with one attached hydrogen (secondary N) is 2. The lowest BCUT2D eigenvalue weighted by Gasteiger charge is -2.27. The first kappa shape index (κ1) is 18.5. The Balaban J connectivity index is 1.56. The third-order valence-electron chi connectivity index (χ3n) is 4.55. The number of likely N-dealkylation sites (tertiary alicyclic amines) is 1. The zero-order valence-corrected chi connectivity index (χ0v) is 15.1. The van der Waals surface area contributed by atoms with E-state index in [4.69, 9.17) is 0 Å². The van der Waals surface area contributed by atoms with Gasteiger partial charge < -0.3 is 15.5 Å². The highest BCUT2D eigenvalue weighted by atomic mass is 32.2. The summed E-state index contributed by atoms with van der Waals surface area (Å²) >= 11 is 0. The molecule has 0 radical (unpaired) electrons. The molecule has 0 unspecified atom stereocenters. The van der Waals surface area contributed by atoms with Crippen LogP contribution >= 0.6 is 0 Å². The van der Waals surface area contributed by atoms with Crippen LogP contribution in [-0.4, -0.2) is 95.1 Å². The van der Waals surface area contributed by atoms with Crippen molar-refractivity contribution in [3.63, 3.8) is 0 Å². The summed E-state index contributed by atoms with van der Waals surface area (Å²) in [6, 6.07) is 0. The summed E-state index contributed by atoms with van der Waals surface area (Å²) in [5.41, 5.74) is 0. The summed E-state index contributed by atoms with van der Waals surface area (Å²) in [6.07, 6.45) is 4.00. The Morgan fingerprint density at radius 3 is 1.96 bits per heavy atom. The molecule has 2 N–H and O–H groups in total. The van der Waals surface area contributed by atoms with Gasteiger partial charge in [-0.2, -0.15) is 0 Å². The van der Waals surface area contributed by atoms with E-state index in [1.807, 2.05) is 0 Å². The van der Waals surface area contributed by atoms with Crippen molar-refractivity contribution in [3.8, 4) is 0 Å². The molecule has 134 valence electrons. The van der Waals surface area contributed by atoms with Crippen molar-refractivity contribution in [1.82, 2.24) is 20.4 Å². The molecule has 0 saturated carbocycles. The lowest BCUT2D eigenvalue weighted by Crippen LogP contribution is -2.47. The largest absolute Gasteiger partial charge is 0.355 e. The van der Waals surface area contributed by atoms with Crippen molar-refractivity contribution in [1.29, 1.82) is 0 Å². The summed E-state index contributed by atoms with van der Waals surface area (Å²) in [4.78, 5) is 8.93. The van der Waals surface area contributed by atoms with Gasteiger partial charge in [-0.1, -0.05) is 6.42 Å². The predicted molar refractivity (Wildman–Crippen MR) is 94.7 cm³/mol. The molecule has 0 aromatic heterocycles. The normalized spacial score (nSPS) is 23.6. The fourth-order valence-corrected chi connectivity index (χ4v) is 4.32. The molecule has 23 heavy (non-hydrogen) atoms. The molecule has 0 aromatic carbocycles. The van der Waals surface area contributed by atoms with Gasteiger partial charge in [0.1, 0.15) is 0 Å². The van der Waals surface area contributed by atoms with E-state index in [9.17, 15) is 8.42 Å². The number of guanidine groups is 1. The second-order valence-electron chi connectivity index (χ2n) is 6.32. The molecule has 7 nitrogen and oxygen atoms in total. The van der Waals surface area contributed by atoms with E-state index in [0.29, 0.717) is 13.1 Å². The molecular weight excluding hydrogens is 314 g/mol. The standard InChI is InChI=1S/C15H31N5O2S/c1-16-15(17-5-9-19-7-3-2-4-8-19)18-6-10-20-11-13-23(21,22)14-12-20/h2-14H2,1H3,(H2,16,17,18). The van der Waals surface area contributed by atoms with Gasteiger partial charge in [-0.05, 0) is 25.9 Å². The third-order valence-corrected chi connectivity index (χ3v) is 6.16. The number of hydrogen-bond donors (Lipinski definition) is 2. The predicted octanol–water partition coefficient (Wildman–Crippen LogP) is -0.632. The summed E-state index contributed by atoms with van der Waals surface area (Å²) in [7, 11) is -1.01. The van der Waals surface area contributed by atoms with Crippen molar-refractivity contribution >= 4 is 15.8 Å². The number of rotatable bonds is 6. The van der Waals surface area contributed by atoms with Gasteiger partial charge >= 0.3 is 0 Å². The van der Waals surface area contributed by atoms with Crippen molar-refractivity contribution < 1.29 is 8.42 Å². The molecule has 0 atom stereocenters. The zero-order valence-electron chi connectivity index (χ0n) is 14.3. The highest BCUT2D eigenvalue weighted by Crippen LogP contribution is 2.07. The van der Waals surface area contributed by atoms with E-state index in [2.05, 4.69) is 25.4 Å². The van der Waals surface area contributed by atoms with Crippen molar-refractivity contribution in [2.24, 2.45) is 4.99 Å². The van der Waals surface area contributed by atoms with Crippen LogP contribution in [0.25, 0.3) is 0 Å². The summed E-state index contributed by atoms with van der Waals surface area (Å²) in [5, 5.41) is 6.65. The van der Waals surface area contributed by atoms with Crippen LogP contribution in [0.5, 0.6) is 0 Å². The minimum absolute atomic E-state index is 0.288. The maximum absolute atomic E-state index is 11.4. The molecule has 2 aliphatic rings. The van der Waals surface area contributed by atoms with Crippen LogP contribution in [0.2, 0.25) is 0 Å². The molecule has 0 amide bonds. The summed E-state index contributed by atoms with van der Waals surface area (Å²) in [5.74, 6) is 1.40. The molecule has 0 bridgehead atoms. The van der Waals surface area contributed by atoms with E-state index in [1.54, 1.807) is 7.05 Å². The molecule has 2 rings (SSSR count). The van der Waals surface area contributed by atoms with Gasteiger partial charge in [-0.15, -0.1) is 0 Å². The van der Waals surface area contributed by atoms with Gasteiger partial charge in [0.2, 0.25) is 0 Å². The van der Waals surface area contributed by atoms with Gasteiger partial charge in [-0.3, -0.25) is 9.89 Å². The number of piperidine rings is 1. The van der Waals surface area contributed by atoms with Crippen LogP contribution < -0.4 is 10.6 Å². The van der Waals surface area contributed by atoms with Crippen molar-refractivity contribution in [2.75, 3.05) is 70.9 Å². The Hall–Kier alpha value is -0.860. The Labute approximate surface area is 140 Å². The van der Waals surface area contributed by atoms with Crippen LogP contribution in [0, 0.1) is 0 Å². The van der Waals surface area contributed by atoms with Crippen molar-refractivity contribution in [3.05, 3.63) is 0 Å². The third kappa shape index (κ3) is 7.05. The summed E-state index contributed by atoms with van der Waals surface area (Å²) in [6.45, 7) is 7.31. The van der Waals surface area contributed by atoms with E-state index in [0.717, 1.165) is 32.1 Å². The van der Waals surface area contributed by atoms with Gasteiger partial charge in [0, 0.05) is 46.3 Å². The monoisotopic (exact) mass is 345 g/mol. The topological polar surface area (TPSA) is 77.0 Å². The van der Waals surface area contributed by atoms with E-state index >= 15 is 0 Å². The Kier molecular flexibility index (Phi) is 7.58. The average Bonchev–Trinajstić information content (AvgIpc) is 2.56. The van der Waals surface area contributed by atoms with Gasteiger partial charge in [-0.25, -0.2) is 8.42 Å². The van der Waals surface area contributed by atoms with E-state index in [1.165, 1.54) is 32.4 Å². The van der Waals surface area contributed by atoms with Crippen molar-refractivity contribution in [2.45, 2.75) is 19.3 Å². The highest BCUT2D eigenvalue weighted by molar-refractivity contribution is 7.91. The quantitative estimate of drug-likeness (QED) is 0.493. The fraction of sp³-hybridized carbons (Fsp3) is 0.933. The molecular formula is C15H31N5O2S.